The van der Waals surface area contributed by atoms with Crippen LogP contribution >= 0.6 is 11.6 Å². The predicted molar refractivity (Wildman–Crippen MR) is 79.6 cm³/mol. The van der Waals surface area contributed by atoms with Gasteiger partial charge in [-0.05, 0) is 29.8 Å². The van der Waals surface area contributed by atoms with Crippen LogP contribution in [0.3, 0.4) is 0 Å². The second-order valence-corrected chi connectivity index (χ2v) is 4.87. The van der Waals surface area contributed by atoms with E-state index in [1.54, 1.807) is 6.07 Å². The SMILES string of the molecule is CCNCc1ccc(COc2ccc(F)c(Cl)c2)cc1. The molecule has 0 aliphatic heterocycles. The van der Waals surface area contributed by atoms with E-state index in [0.717, 1.165) is 18.7 Å². The molecule has 2 aromatic carbocycles. The molecule has 2 rings (SSSR count). The smallest absolute Gasteiger partial charge is 0.142 e. The first-order valence-electron chi connectivity index (χ1n) is 6.55. The van der Waals surface area contributed by atoms with Gasteiger partial charge in [-0.25, -0.2) is 4.39 Å². The summed E-state index contributed by atoms with van der Waals surface area (Å²) < 4.78 is 18.6. The molecule has 2 aromatic rings. The number of ether oxygens (including phenoxy) is 1. The van der Waals surface area contributed by atoms with E-state index in [-0.39, 0.29) is 5.02 Å². The molecule has 0 aromatic heterocycles. The van der Waals surface area contributed by atoms with Crippen LogP contribution in [0.25, 0.3) is 0 Å². The Hall–Kier alpha value is -1.58. The van der Waals surface area contributed by atoms with Crippen molar-refractivity contribution >= 4 is 11.6 Å². The minimum Gasteiger partial charge on any atom is -0.489 e. The summed E-state index contributed by atoms with van der Waals surface area (Å²) >= 11 is 5.70. The average molecular weight is 294 g/mol. The number of benzene rings is 2. The zero-order chi connectivity index (χ0) is 14.4. The van der Waals surface area contributed by atoms with Gasteiger partial charge >= 0.3 is 0 Å². The molecule has 0 aliphatic rings. The van der Waals surface area contributed by atoms with Crippen molar-refractivity contribution in [1.82, 2.24) is 5.32 Å². The van der Waals surface area contributed by atoms with E-state index in [1.165, 1.54) is 17.7 Å². The summed E-state index contributed by atoms with van der Waals surface area (Å²) in [5.74, 6) is 0.125. The van der Waals surface area contributed by atoms with Gasteiger partial charge in [0.05, 0.1) is 5.02 Å². The fraction of sp³-hybridized carbons (Fsp3) is 0.250. The third-order valence-corrected chi connectivity index (χ3v) is 3.19. The fourth-order valence-corrected chi connectivity index (χ4v) is 1.93. The second-order valence-electron chi connectivity index (χ2n) is 4.46. The van der Waals surface area contributed by atoms with Crippen molar-refractivity contribution in [1.29, 1.82) is 0 Å². The van der Waals surface area contributed by atoms with Crippen molar-refractivity contribution in [3.05, 3.63) is 64.4 Å². The van der Waals surface area contributed by atoms with E-state index < -0.39 is 5.82 Å². The van der Waals surface area contributed by atoms with Gasteiger partial charge in [0.25, 0.3) is 0 Å². The molecule has 1 N–H and O–H groups in total. The molecule has 106 valence electrons. The summed E-state index contributed by atoms with van der Waals surface area (Å²) in [6, 6.07) is 12.5. The molecule has 0 spiro atoms. The van der Waals surface area contributed by atoms with Gasteiger partial charge in [-0.1, -0.05) is 42.8 Å². The van der Waals surface area contributed by atoms with Crippen LogP contribution in [-0.4, -0.2) is 6.54 Å². The number of rotatable bonds is 6. The highest BCUT2D eigenvalue weighted by Gasteiger charge is 2.02. The van der Waals surface area contributed by atoms with E-state index >= 15 is 0 Å². The fourth-order valence-electron chi connectivity index (χ4n) is 1.76. The number of hydrogen-bond donors (Lipinski definition) is 1. The first kappa shape index (κ1) is 14.8. The molecular weight excluding hydrogens is 277 g/mol. The van der Waals surface area contributed by atoms with Crippen LogP contribution in [0.4, 0.5) is 4.39 Å². The molecule has 0 bridgehead atoms. The summed E-state index contributed by atoms with van der Waals surface area (Å²) in [4.78, 5) is 0. The van der Waals surface area contributed by atoms with Gasteiger partial charge < -0.3 is 10.1 Å². The third-order valence-electron chi connectivity index (χ3n) is 2.90. The molecule has 2 nitrogen and oxygen atoms in total. The Morgan fingerprint density at radius 1 is 1.10 bits per heavy atom. The maximum Gasteiger partial charge on any atom is 0.142 e. The van der Waals surface area contributed by atoms with Crippen molar-refractivity contribution in [2.24, 2.45) is 0 Å². The zero-order valence-electron chi connectivity index (χ0n) is 11.3. The topological polar surface area (TPSA) is 21.3 Å². The van der Waals surface area contributed by atoms with Gasteiger partial charge in [-0.2, -0.15) is 0 Å². The van der Waals surface area contributed by atoms with Crippen LogP contribution in [0.2, 0.25) is 5.02 Å². The molecule has 0 heterocycles. The van der Waals surface area contributed by atoms with Crippen LogP contribution < -0.4 is 10.1 Å². The van der Waals surface area contributed by atoms with Crippen molar-refractivity contribution in [3.63, 3.8) is 0 Å². The monoisotopic (exact) mass is 293 g/mol. The summed E-state index contributed by atoms with van der Waals surface area (Å²) in [6.45, 7) is 4.33. The van der Waals surface area contributed by atoms with E-state index in [4.69, 9.17) is 16.3 Å². The lowest BCUT2D eigenvalue weighted by Crippen LogP contribution is -2.11. The lowest BCUT2D eigenvalue weighted by molar-refractivity contribution is 0.305. The predicted octanol–water partition coefficient (Wildman–Crippen LogP) is 4.17. The Balaban J connectivity index is 1.91. The summed E-state index contributed by atoms with van der Waals surface area (Å²) in [5.41, 5.74) is 2.30. The van der Waals surface area contributed by atoms with Gasteiger partial charge in [0.2, 0.25) is 0 Å². The molecule has 0 aliphatic carbocycles. The molecule has 4 heteroatoms. The highest BCUT2D eigenvalue weighted by Crippen LogP contribution is 2.21. The Bertz CT molecular complexity index is 557. The highest BCUT2D eigenvalue weighted by molar-refractivity contribution is 6.30. The van der Waals surface area contributed by atoms with E-state index in [2.05, 4.69) is 24.4 Å². The average Bonchev–Trinajstić information content (AvgIpc) is 2.47. The Morgan fingerprint density at radius 3 is 2.45 bits per heavy atom. The van der Waals surface area contributed by atoms with E-state index in [9.17, 15) is 4.39 Å². The minimum atomic E-state index is -0.438. The highest BCUT2D eigenvalue weighted by atomic mass is 35.5. The van der Waals surface area contributed by atoms with Gasteiger partial charge in [-0.3, -0.25) is 0 Å². The molecule has 0 saturated carbocycles. The molecule has 0 unspecified atom stereocenters. The third kappa shape index (κ3) is 4.22. The lowest BCUT2D eigenvalue weighted by atomic mass is 10.1. The maximum atomic E-state index is 13.0. The van der Waals surface area contributed by atoms with Crippen LogP contribution in [-0.2, 0) is 13.2 Å². The quantitative estimate of drug-likeness (QED) is 0.863. The van der Waals surface area contributed by atoms with Crippen molar-refractivity contribution in [2.45, 2.75) is 20.1 Å². The lowest BCUT2D eigenvalue weighted by Gasteiger charge is -2.08. The summed E-state index contributed by atoms with van der Waals surface area (Å²) in [5, 5.41) is 3.34. The van der Waals surface area contributed by atoms with Gasteiger partial charge in [-0.15, -0.1) is 0 Å². The molecule has 0 amide bonds. The van der Waals surface area contributed by atoms with Crippen LogP contribution in [0.1, 0.15) is 18.1 Å². The first-order valence-corrected chi connectivity index (χ1v) is 6.93. The zero-order valence-corrected chi connectivity index (χ0v) is 12.1. The van der Waals surface area contributed by atoms with Crippen LogP contribution in [0, 0.1) is 5.82 Å². The normalized spacial score (nSPS) is 10.6. The molecular formula is C16H17ClFNO. The molecule has 0 saturated heterocycles. The molecule has 0 radical (unpaired) electrons. The van der Waals surface area contributed by atoms with Gasteiger partial charge in [0, 0.05) is 12.6 Å². The largest absolute Gasteiger partial charge is 0.489 e. The second kappa shape index (κ2) is 7.27. The van der Waals surface area contributed by atoms with E-state index in [0.29, 0.717) is 12.4 Å². The maximum absolute atomic E-state index is 13.0. The van der Waals surface area contributed by atoms with E-state index in [1.807, 2.05) is 12.1 Å². The molecule has 0 fully saturated rings. The summed E-state index contributed by atoms with van der Waals surface area (Å²) in [6.07, 6.45) is 0. The molecule has 20 heavy (non-hydrogen) atoms. The Labute approximate surface area is 123 Å². The van der Waals surface area contributed by atoms with Gasteiger partial charge in [0.1, 0.15) is 18.2 Å². The first-order chi connectivity index (χ1) is 9.69. The Morgan fingerprint density at radius 2 is 1.80 bits per heavy atom. The number of nitrogens with one attached hydrogen (secondary N) is 1. The summed E-state index contributed by atoms with van der Waals surface area (Å²) in [7, 11) is 0. The number of halogens is 2. The van der Waals surface area contributed by atoms with Gasteiger partial charge in [0.15, 0.2) is 0 Å². The van der Waals surface area contributed by atoms with Crippen molar-refractivity contribution in [2.75, 3.05) is 6.54 Å². The minimum absolute atomic E-state index is 0.0727. The van der Waals surface area contributed by atoms with Crippen LogP contribution in [0.15, 0.2) is 42.5 Å². The van der Waals surface area contributed by atoms with Crippen LogP contribution in [0.5, 0.6) is 5.75 Å². The molecule has 0 atom stereocenters. The van der Waals surface area contributed by atoms with Crippen molar-refractivity contribution < 1.29 is 9.13 Å². The standard InChI is InChI=1S/C16H17ClFNO/c1-2-19-10-12-3-5-13(6-4-12)11-20-14-7-8-16(18)15(17)9-14/h3-9,19H,2,10-11H2,1H3. The van der Waals surface area contributed by atoms with Crippen molar-refractivity contribution in [3.8, 4) is 5.75 Å². The number of hydrogen-bond acceptors (Lipinski definition) is 2. The Kier molecular flexibility index (Phi) is 5.39.